The van der Waals surface area contributed by atoms with E-state index in [4.69, 9.17) is 4.98 Å². The summed E-state index contributed by atoms with van der Waals surface area (Å²) in [6, 6.07) is 6.22. The van der Waals surface area contributed by atoms with Crippen LogP contribution in [0.15, 0.2) is 27.8 Å². The van der Waals surface area contributed by atoms with E-state index in [2.05, 4.69) is 30.9 Å². The fourth-order valence-electron chi connectivity index (χ4n) is 3.80. The topological polar surface area (TPSA) is 65.1 Å². The van der Waals surface area contributed by atoms with E-state index < -0.39 is 0 Å². The molecule has 1 aliphatic rings. The second-order valence-electron chi connectivity index (χ2n) is 6.85. The van der Waals surface area contributed by atoms with Gasteiger partial charge in [0, 0.05) is 32.4 Å². The van der Waals surface area contributed by atoms with E-state index in [0.29, 0.717) is 17.7 Å². The Kier molecular flexibility index (Phi) is 3.75. The molecular formula is C19H23N5O2. The summed E-state index contributed by atoms with van der Waals surface area (Å²) >= 11 is 0. The lowest BCUT2D eigenvalue weighted by atomic mass is 10.1. The molecule has 7 nitrogen and oxygen atoms in total. The Hall–Kier alpha value is -2.83. The van der Waals surface area contributed by atoms with Crippen molar-refractivity contribution in [2.75, 3.05) is 11.4 Å². The Balaban J connectivity index is 2.04. The molecule has 0 saturated heterocycles. The maximum Gasteiger partial charge on any atom is 0.332 e. The molecule has 1 aliphatic heterocycles. The highest BCUT2D eigenvalue weighted by atomic mass is 16.2. The Morgan fingerprint density at radius 2 is 1.92 bits per heavy atom. The summed E-state index contributed by atoms with van der Waals surface area (Å²) in [6.45, 7) is 7.92. The van der Waals surface area contributed by atoms with Crippen molar-refractivity contribution in [3.05, 3.63) is 50.2 Å². The van der Waals surface area contributed by atoms with E-state index in [1.165, 1.54) is 20.3 Å². The zero-order valence-electron chi connectivity index (χ0n) is 15.6. The number of nitrogens with zero attached hydrogens (tertiary/aromatic N) is 5. The van der Waals surface area contributed by atoms with Gasteiger partial charge in [-0.3, -0.25) is 13.9 Å². The van der Waals surface area contributed by atoms with Gasteiger partial charge < -0.3 is 9.47 Å². The highest BCUT2D eigenvalue weighted by Gasteiger charge is 2.27. The third-order valence-corrected chi connectivity index (χ3v) is 5.40. The molecule has 4 rings (SSSR count). The Bertz CT molecular complexity index is 1140. The molecule has 0 amide bonds. The van der Waals surface area contributed by atoms with Gasteiger partial charge in [0.15, 0.2) is 11.2 Å². The van der Waals surface area contributed by atoms with Gasteiger partial charge in [-0.05, 0) is 44.4 Å². The van der Waals surface area contributed by atoms with E-state index in [-0.39, 0.29) is 11.2 Å². The minimum absolute atomic E-state index is 0.257. The molecule has 0 aliphatic carbocycles. The molecule has 1 aromatic carbocycles. The Morgan fingerprint density at radius 3 is 2.65 bits per heavy atom. The fraction of sp³-hybridized carbons (Fsp3) is 0.421. The van der Waals surface area contributed by atoms with Crippen molar-refractivity contribution >= 4 is 22.8 Å². The van der Waals surface area contributed by atoms with Gasteiger partial charge in [-0.2, -0.15) is 4.98 Å². The second-order valence-corrected chi connectivity index (χ2v) is 6.85. The number of aromatic nitrogens is 4. The lowest BCUT2D eigenvalue weighted by molar-refractivity contribution is 0.594. The smallest absolute Gasteiger partial charge is 0.312 e. The summed E-state index contributed by atoms with van der Waals surface area (Å²) in [5.74, 6) is 0.737. The SMILES string of the molecule is CCn1c(=O)c2c(nc3n2CCCN3c2cccc(C)c2C)n(C)c1=O. The predicted octanol–water partition coefficient (Wildman–Crippen LogP) is 2.08. The highest BCUT2D eigenvalue weighted by molar-refractivity contribution is 5.77. The van der Waals surface area contributed by atoms with Crippen molar-refractivity contribution in [1.82, 2.24) is 18.7 Å². The van der Waals surface area contributed by atoms with Crippen molar-refractivity contribution in [1.29, 1.82) is 0 Å². The summed E-state index contributed by atoms with van der Waals surface area (Å²) in [5, 5.41) is 0. The number of fused-ring (bicyclic) bond motifs is 3. The molecule has 136 valence electrons. The first-order valence-electron chi connectivity index (χ1n) is 8.99. The molecule has 26 heavy (non-hydrogen) atoms. The first kappa shape index (κ1) is 16.6. The van der Waals surface area contributed by atoms with Gasteiger partial charge in [0.1, 0.15) is 0 Å². The van der Waals surface area contributed by atoms with Crippen molar-refractivity contribution in [3.63, 3.8) is 0 Å². The first-order chi connectivity index (χ1) is 12.5. The molecule has 0 unspecified atom stereocenters. The van der Waals surface area contributed by atoms with Crippen molar-refractivity contribution in [2.24, 2.45) is 7.05 Å². The maximum atomic E-state index is 12.9. The lowest BCUT2D eigenvalue weighted by Gasteiger charge is -2.30. The fourth-order valence-corrected chi connectivity index (χ4v) is 3.80. The molecule has 0 bridgehead atoms. The lowest BCUT2D eigenvalue weighted by Crippen LogP contribution is -2.39. The summed E-state index contributed by atoms with van der Waals surface area (Å²) < 4.78 is 4.72. The minimum Gasteiger partial charge on any atom is -0.312 e. The van der Waals surface area contributed by atoms with Crippen LogP contribution in [0.25, 0.3) is 11.2 Å². The van der Waals surface area contributed by atoms with Gasteiger partial charge in [-0.1, -0.05) is 12.1 Å². The molecular weight excluding hydrogens is 330 g/mol. The Morgan fingerprint density at radius 1 is 1.15 bits per heavy atom. The molecule has 0 N–H and O–H groups in total. The van der Waals surface area contributed by atoms with Gasteiger partial charge in [-0.25, -0.2) is 4.79 Å². The zero-order chi connectivity index (χ0) is 18.6. The maximum absolute atomic E-state index is 12.9. The van der Waals surface area contributed by atoms with E-state index >= 15 is 0 Å². The number of hydrogen-bond acceptors (Lipinski definition) is 4. The number of imidazole rings is 1. The molecule has 0 spiro atoms. The second kappa shape index (κ2) is 5.86. The van der Waals surface area contributed by atoms with Crippen LogP contribution < -0.4 is 16.1 Å². The van der Waals surface area contributed by atoms with Crippen LogP contribution in [-0.2, 0) is 20.1 Å². The van der Waals surface area contributed by atoms with Crippen LogP contribution in [0.3, 0.4) is 0 Å². The quantitative estimate of drug-likeness (QED) is 0.707. The van der Waals surface area contributed by atoms with Crippen LogP contribution in [0.2, 0.25) is 0 Å². The van der Waals surface area contributed by atoms with Crippen LogP contribution >= 0.6 is 0 Å². The van der Waals surface area contributed by atoms with Gasteiger partial charge in [0.05, 0.1) is 0 Å². The first-order valence-corrected chi connectivity index (χ1v) is 8.99. The summed E-state index contributed by atoms with van der Waals surface area (Å²) in [5.41, 5.74) is 3.91. The standard InChI is InChI=1S/C19H23N5O2/c1-5-22-17(25)15-16(21(4)19(22)26)20-18-23(10-7-11-24(15)18)14-9-6-8-12(2)13(14)3/h6,8-9H,5,7,10-11H2,1-4H3. The highest BCUT2D eigenvalue weighted by Crippen LogP contribution is 2.33. The van der Waals surface area contributed by atoms with E-state index in [9.17, 15) is 9.59 Å². The van der Waals surface area contributed by atoms with Gasteiger partial charge >= 0.3 is 5.69 Å². The van der Waals surface area contributed by atoms with Gasteiger partial charge in [0.2, 0.25) is 5.95 Å². The van der Waals surface area contributed by atoms with Crippen molar-refractivity contribution in [3.8, 4) is 0 Å². The number of aryl methyl sites for hydroxylation is 3. The molecule has 3 heterocycles. The minimum atomic E-state index is -0.321. The number of hydrogen-bond donors (Lipinski definition) is 0. The average Bonchev–Trinajstić information content (AvgIpc) is 3.03. The predicted molar refractivity (Wildman–Crippen MR) is 102 cm³/mol. The van der Waals surface area contributed by atoms with Crippen molar-refractivity contribution < 1.29 is 0 Å². The van der Waals surface area contributed by atoms with Gasteiger partial charge in [0.25, 0.3) is 5.56 Å². The number of anilines is 2. The largest absolute Gasteiger partial charge is 0.332 e. The summed E-state index contributed by atoms with van der Waals surface area (Å²) in [6.07, 6.45) is 0.917. The Labute approximate surface area is 151 Å². The van der Waals surface area contributed by atoms with Crippen molar-refractivity contribution in [2.45, 2.75) is 40.3 Å². The number of benzene rings is 1. The molecule has 0 radical (unpaired) electrons. The number of rotatable bonds is 2. The molecule has 0 atom stereocenters. The monoisotopic (exact) mass is 353 g/mol. The molecule has 7 heteroatoms. The third kappa shape index (κ3) is 2.16. The normalized spacial score (nSPS) is 14.1. The summed E-state index contributed by atoms with van der Waals surface area (Å²) in [7, 11) is 1.68. The van der Waals surface area contributed by atoms with Crippen LogP contribution in [-0.4, -0.2) is 25.2 Å². The average molecular weight is 353 g/mol. The van der Waals surface area contributed by atoms with Crippen LogP contribution in [0.5, 0.6) is 0 Å². The van der Waals surface area contributed by atoms with E-state index in [1.807, 2.05) is 17.6 Å². The van der Waals surface area contributed by atoms with Gasteiger partial charge in [-0.15, -0.1) is 0 Å². The van der Waals surface area contributed by atoms with Crippen LogP contribution in [0, 0.1) is 13.8 Å². The van der Waals surface area contributed by atoms with E-state index in [0.717, 1.165) is 31.1 Å². The van der Waals surface area contributed by atoms with E-state index in [1.54, 1.807) is 7.05 Å². The summed E-state index contributed by atoms with van der Waals surface area (Å²) in [4.78, 5) is 32.2. The zero-order valence-corrected chi connectivity index (χ0v) is 15.6. The third-order valence-electron chi connectivity index (χ3n) is 5.40. The molecule has 0 fully saturated rings. The molecule has 3 aromatic rings. The molecule has 0 saturated carbocycles. The van der Waals surface area contributed by atoms with Crippen LogP contribution in [0.4, 0.5) is 11.6 Å². The van der Waals surface area contributed by atoms with Crippen LogP contribution in [0.1, 0.15) is 24.5 Å². The molecule has 2 aromatic heterocycles.